The molecule has 5 nitrogen and oxygen atoms in total. The number of nitrogens with one attached hydrogen (secondary N) is 2. The normalized spacial score (nSPS) is 15.3. The van der Waals surface area contributed by atoms with Gasteiger partial charge in [0.1, 0.15) is 0 Å². The predicted molar refractivity (Wildman–Crippen MR) is 89.9 cm³/mol. The SMILES string of the molecule is Cc1ccc(C(NC(=O)CNCCn2cccn2)C2CC2)cc1. The molecule has 1 amide bonds. The highest BCUT2D eigenvalue weighted by Gasteiger charge is 2.33. The second-order valence-corrected chi connectivity index (χ2v) is 6.24. The van der Waals surface area contributed by atoms with Gasteiger partial charge in [0.15, 0.2) is 0 Å². The van der Waals surface area contributed by atoms with Gasteiger partial charge in [0.2, 0.25) is 5.91 Å². The van der Waals surface area contributed by atoms with Crippen LogP contribution >= 0.6 is 0 Å². The molecule has 5 heteroatoms. The molecule has 23 heavy (non-hydrogen) atoms. The van der Waals surface area contributed by atoms with E-state index >= 15 is 0 Å². The van der Waals surface area contributed by atoms with Crippen LogP contribution < -0.4 is 10.6 Å². The lowest BCUT2D eigenvalue weighted by molar-refractivity contribution is -0.121. The number of hydrogen-bond donors (Lipinski definition) is 2. The van der Waals surface area contributed by atoms with Crippen LogP contribution in [0.25, 0.3) is 0 Å². The Morgan fingerprint density at radius 1 is 1.35 bits per heavy atom. The third kappa shape index (κ3) is 4.66. The molecular weight excluding hydrogens is 288 g/mol. The maximum absolute atomic E-state index is 12.2. The summed E-state index contributed by atoms with van der Waals surface area (Å²) in [7, 11) is 0. The Hall–Kier alpha value is -2.14. The van der Waals surface area contributed by atoms with Gasteiger partial charge in [-0.2, -0.15) is 5.10 Å². The summed E-state index contributed by atoms with van der Waals surface area (Å²) in [6, 6.07) is 10.5. The Bertz CT molecular complexity index is 617. The van der Waals surface area contributed by atoms with Gasteiger partial charge >= 0.3 is 0 Å². The van der Waals surface area contributed by atoms with Gasteiger partial charge in [-0.05, 0) is 37.3 Å². The Morgan fingerprint density at radius 3 is 2.78 bits per heavy atom. The van der Waals surface area contributed by atoms with Crippen molar-refractivity contribution in [3.05, 3.63) is 53.9 Å². The molecule has 0 bridgehead atoms. The smallest absolute Gasteiger partial charge is 0.234 e. The third-order valence-corrected chi connectivity index (χ3v) is 4.21. The second kappa shape index (κ2) is 7.42. The van der Waals surface area contributed by atoms with Gasteiger partial charge < -0.3 is 10.6 Å². The minimum atomic E-state index is 0.0583. The number of aryl methyl sites for hydroxylation is 1. The lowest BCUT2D eigenvalue weighted by Crippen LogP contribution is -2.38. The molecule has 0 radical (unpaired) electrons. The van der Waals surface area contributed by atoms with Gasteiger partial charge in [0.25, 0.3) is 0 Å². The predicted octanol–water partition coefficient (Wildman–Crippen LogP) is 2.05. The Morgan fingerprint density at radius 2 is 2.13 bits per heavy atom. The van der Waals surface area contributed by atoms with E-state index in [1.807, 2.05) is 16.9 Å². The topological polar surface area (TPSA) is 59.0 Å². The first kappa shape index (κ1) is 15.7. The van der Waals surface area contributed by atoms with Gasteiger partial charge in [-0.15, -0.1) is 0 Å². The number of aromatic nitrogens is 2. The van der Waals surface area contributed by atoms with Crippen molar-refractivity contribution in [2.45, 2.75) is 32.4 Å². The summed E-state index contributed by atoms with van der Waals surface area (Å²) in [4.78, 5) is 12.2. The summed E-state index contributed by atoms with van der Waals surface area (Å²) in [5, 5.41) is 10.5. The molecule has 0 spiro atoms. The van der Waals surface area contributed by atoms with Gasteiger partial charge in [-0.25, -0.2) is 0 Å². The molecule has 1 saturated carbocycles. The van der Waals surface area contributed by atoms with Crippen molar-refractivity contribution in [2.24, 2.45) is 5.92 Å². The van der Waals surface area contributed by atoms with E-state index in [1.54, 1.807) is 6.20 Å². The number of benzene rings is 1. The van der Waals surface area contributed by atoms with Crippen LogP contribution in [0.1, 0.15) is 30.0 Å². The molecule has 1 aromatic heterocycles. The van der Waals surface area contributed by atoms with Crippen molar-refractivity contribution >= 4 is 5.91 Å². The highest BCUT2D eigenvalue weighted by molar-refractivity contribution is 5.78. The summed E-state index contributed by atoms with van der Waals surface area (Å²) in [6.07, 6.45) is 6.08. The average molecular weight is 312 g/mol. The van der Waals surface area contributed by atoms with Crippen LogP contribution in [-0.2, 0) is 11.3 Å². The van der Waals surface area contributed by atoms with E-state index in [0.717, 1.165) is 13.1 Å². The number of hydrogen-bond acceptors (Lipinski definition) is 3. The number of carbonyl (C=O) groups excluding carboxylic acids is 1. The molecule has 1 aliphatic carbocycles. The van der Waals surface area contributed by atoms with Crippen molar-refractivity contribution in [1.29, 1.82) is 0 Å². The average Bonchev–Trinajstić information content (AvgIpc) is 3.26. The summed E-state index contributed by atoms with van der Waals surface area (Å²) in [5.74, 6) is 0.647. The van der Waals surface area contributed by atoms with E-state index < -0.39 is 0 Å². The van der Waals surface area contributed by atoms with E-state index in [9.17, 15) is 4.79 Å². The highest BCUT2D eigenvalue weighted by atomic mass is 16.2. The quantitative estimate of drug-likeness (QED) is 0.734. The van der Waals surface area contributed by atoms with Crippen LogP contribution in [0.15, 0.2) is 42.7 Å². The zero-order chi connectivity index (χ0) is 16.1. The summed E-state index contributed by atoms with van der Waals surface area (Å²) < 4.78 is 1.85. The molecule has 1 unspecified atom stereocenters. The minimum absolute atomic E-state index is 0.0583. The van der Waals surface area contributed by atoms with Gasteiger partial charge in [0, 0.05) is 18.9 Å². The molecule has 2 aromatic rings. The molecular formula is C18H24N4O. The molecule has 1 heterocycles. The lowest BCUT2D eigenvalue weighted by Gasteiger charge is -2.19. The van der Waals surface area contributed by atoms with E-state index in [0.29, 0.717) is 12.5 Å². The van der Waals surface area contributed by atoms with Crippen molar-refractivity contribution < 1.29 is 4.79 Å². The summed E-state index contributed by atoms with van der Waals surface area (Å²) in [6.45, 7) is 3.92. The standard InChI is InChI=1S/C18H24N4O/c1-14-3-5-15(6-4-14)18(16-7-8-16)21-17(23)13-19-10-12-22-11-2-9-20-22/h2-6,9,11,16,18-19H,7-8,10,12-13H2,1H3,(H,21,23). The molecule has 0 saturated heterocycles. The first-order chi connectivity index (χ1) is 11.2. The Labute approximate surface area is 137 Å². The highest BCUT2D eigenvalue weighted by Crippen LogP contribution is 2.40. The van der Waals surface area contributed by atoms with E-state index in [1.165, 1.54) is 24.0 Å². The molecule has 3 rings (SSSR count). The number of rotatable bonds is 8. The number of amides is 1. The maximum Gasteiger partial charge on any atom is 0.234 e. The third-order valence-electron chi connectivity index (χ3n) is 4.21. The van der Waals surface area contributed by atoms with E-state index in [-0.39, 0.29) is 11.9 Å². The first-order valence-corrected chi connectivity index (χ1v) is 8.26. The lowest BCUT2D eigenvalue weighted by atomic mass is 10.0. The molecule has 1 aliphatic rings. The Kier molecular flexibility index (Phi) is 5.08. The van der Waals surface area contributed by atoms with Gasteiger partial charge in [-0.3, -0.25) is 9.48 Å². The molecule has 1 atom stereocenters. The molecule has 122 valence electrons. The molecule has 2 N–H and O–H groups in total. The van der Waals surface area contributed by atoms with Crippen LogP contribution in [0.5, 0.6) is 0 Å². The molecule has 1 fully saturated rings. The fourth-order valence-corrected chi connectivity index (χ4v) is 2.73. The zero-order valence-electron chi connectivity index (χ0n) is 13.5. The maximum atomic E-state index is 12.2. The van der Waals surface area contributed by atoms with Crippen molar-refractivity contribution in [3.8, 4) is 0 Å². The van der Waals surface area contributed by atoms with Gasteiger partial charge in [-0.1, -0.05) is 29.8 Å². The van der Waals surface area contributed by atoms with Crippen molar-refractivity contribution in [1.82, 2.24) is 20.4 Å². The fraction of sp³-hybridized carbons (Fsp3) is 0.444. The van der Waals surface area contributed by atoms with Gasteiger partial charge in [0.05, 0.1) is 19.1 Å². The van der Waals surface area contributed by atoms with Crippen LogP contribution in [-0.4, -0.2) is 28.8 Å². The van der Waals surface area contributed by atoms with E-state index in [2.05, 4.69) is 46.9 Å². The second-order valence-electron chi connectivity index (χ2n) is 6.24. The summed E-state index contributed by atoms with van der Waals surface area (Å²) in [5.41, 5.74) is 2.46. The van der Waals surface area contributed by atoms with Crippen molar-refractivity contribution in [3.63, 3.8) is 0 Å². The number of carbonyl (C=O) groups is 1. The molecule has 0 aliphatic heterocycles. The monoisotopic (exact) mass is 312 g/mol. The fourth-order valence-electron chi connectivity index (χ4n) is 2.73. The minimum Gasteiger partial charge on any atom is -0.348 e. The van der Waals surface area contributed by atoms with Crippen LogP contribution in [0, 0.1) is 12.8 Å². The molecule has 1 aromatic carbocycles. The van der Waals surface area contributed by atoms with Crippen molar-refractivity contribution in [2.75, 3.05) is 13.1 Å². The Balaban J connectivity index is 1.46. The van der Waals surface area contributed by atoms with Crippen LogP contribution in [0.2, 0.25) is 0 Å². The number of nitrogens with zero attached hydrogens (tertiary/aromatic N) is 2. The first-order valence-electron chi connectivity index (χ1n) is 8.26. The van der Waals surface area contributed by atoms with Crippen LogP contribution in [0.3, 0.4) is 0 Å². The van der Waals surface area contributed by atoms with Crippen LogP contribution in [0.4, 0.5) is 0 Å². The zero-order valence-corrected chi connectivity index (χ0v) is 13.5. The summed E-state index contributed by atoms with van der Waals surface area (Å²) >= 11 is 0. The van der Waals surface area contributed by atoms with E-state index in [4.69, 9.17) is 0 Å². The largest absolute Gasteiger partial charge is 0.348 e.